The number of thioether (sulfide) groups is 1. The van der Waals surface area contributed by atoms with Gasteiger partial charge in [-0.25, -0.2) is 4.79 Å². The highest BCUT2D eigenvalue weighted by Gasteiger charge is 2.29. The second-order valence-corrected chi connectivity index (χ2v) is 9.61. The van der Waals surface area contributed by atoms with Crippen LogP contribution in [0.5, 0.6) is 0 Å². The Balaban J connectivity index is 1.53. The van der Waals surface area contributed by atoms with Crippen LogP contribution in [0.2, 0.25) is 10.0 Å². The minimum absolute atomic E-state index is 0.174. The molecule has 6 nitrogen and oxygen atoms in total. The number of carboxylic acids is 1. The number of likely N-dealkylation sites (tertiary alicyclic amines) is 1. The van der Waals surface area contributed by atoms with Crippen LogP contribution < -0.4 is 5.32 Å². The molecule has 0 bridgehead atoms. The lowest BCUT2D eigenvalue weighted by Gasteiger charge is -2.31. The van der Waals surface area contributed by atoms with Gasteiger partial charge in [0.25, 0.3) is 0 Å². The molecule has 0 aromatic heterocycles. The van der Waals surface area contributed by atoms with Crippen molar-refractivity contribution in [3.05, 3.63) is 69.7 Å². The zero-order valence-corrected chi connectivity index (χ0v) is 21.0. The lowest BCUT2D eigenvalue weighted by Crippen LogP contribution is -2.48. The van der Waals surface area contributed by atoms with E-state index in [-0.39, 0.29) is 24.2 Å². The Bertz CT molecular complexity index is 1070. The Kier molecular flexibility index (Phi) is 9.45. The first-order valence-corrected chi connectivity index (χ1v) is 12.8. The molecular weight excluding hydrogens is 495 g/mol. The average molecular weight is 521 g/mol. The summed E-state index contributed by atoms with van der Waals surface area (Å²) in [5.74, 6) is -1.87. The van der Waals surface area contributed by atoms with Crippen molar-refractivity contribution in [1.82, 2.24) is 10.2 Å². The fraction of sp³-hybridized carbons (Fsp3) is 0.320. The van der Waals surface area contributed by atoms with Gasteiger partial charge in [0.05, 0.1) is 10.0 Å². The van der Waals surface area contributed by atoms with Crippen LogP contribution in [0.15, 0.2) is 53.4 Å². The fourth-order valence-electron chi connectivity index (χ4n) is 3.80. The largest absolute Gasteiger partial charge is 0.480 e. The quantitative estimate of drug-likeness (QED) is 0.386. The monoisotopic (exact) mass is 520 g/mol. The number of halogens is 2. The van der Waals surface area contributed by atoms with Gasteiger partial charge in [-0.05, 0) is 42.4 Å². The summed E-state index contributed by atoms with van der Waals surface area (Å²) in [7, 11) is 0. The first-order valence-electron chi connectivity index (χ1n) is 10.9. The number of carbonyl (C=O) groups excluding carboxylic acids is 2. The maximum Gasteiger partial charge on any atom is 0.326 e. The molecule has 1 fully saturated rings. The topological polar surface area (TPSA) is 86.7 Å². The van der Waals surface area contributed by atoms with Gasteiger partial charge in [-0.15, -0.1) is 11.8 Å². The van der Waals surface area contributed by atoms with E-state index in [4.69, 9.17) is 23.2 Å². The van der Waals surface area contributed by atoms with E-state index in [1.807, 2.05) is 48.7 Å². The summed E-state index contributed by atoms with van der Waals surface area (Å²) in [4.78, 5) is 39.5. The van der Waals surface area contributed by atoms with Crippen LogP contribution in [-0.2, 0) is 20.8 Å². The number of aliphatic carboxylic acids is 1. The van der Waals surface area contributed by atoms with Gasteiger partial charge in [-0.1, -0.05) is 59.6 Å². The highest BCUT2D eigenvalue weighted by Crippen LogP contribution is 2.35. The molecule has 1 aliphatic rings. The first-order chi connectivity index (χ1) is 16.3. The predicted molar refractivity (Wildman–Crippen MR) is 136 cm³/mol. The Morgan fingerprint density at radius 2 is 1.79 bits per heavy atom. The van der Waals surface area contributed by atoms with Gasteiger partial charge in [-0.3, -0.25) is 9.59 Å². The molecule has 3 rings (SSSR count). The summed E-state index contributed by atoms with van der Waals surface area (Å²) >= 11 is 14.1. The van der Waals surface area contributed by atoms with Gasteiger partial charge >= 0.3 is 5.97 Å². The number of amides is 2. The Morgan fingerprint density at radius 3 is 2.41 bits per heavy atom. The number of carboxylic acid groups (broad SMARTS) is 1. The average Bonchev–Trinajstić information content (AvgIpc) is 2.85. The summed E-state index contributed by atoms with van der Waals surface area (Å²) in [6.07, 6.45) is 6.16. The number of hydrogen-bond donors (Lipinski definition) is 2. The summed E-state index contributed by atoms with van der Waals surface area (Å²) in [5.41, 5.74) is 1.50. The van der Waals surface area contributed by atoms with E-state index < -0.39 is 12.0 Å². The molecule has 1 unspecified atom stereocenters. The molecule has 2 N–H and O–H groups in total. The molecule has 2 aromatic rings. The van der Waals surface area contributed by atoms with Crippen molar-refractivity contribution in [2.75, 3.05) is 19.3 Å². The zero-order chi connectivity index (χ0) is 24.7. The van der Waals surface area contributed by atoms with Crippen molar-refractivity contribution < 1.29 is 19.5 Å². The molecular formula is C25H26Cl2N2O4S. The molecule has 9 heteroatoms. The van der Waals surface area contributed by atoms with E-state index in [1.54, 1.807) is 11.0 Å². The summed E-state index contributed by atoms with van der Waals surface area (Å²) in [6.45, 7) is 0.829. The summed E-state index contributed by atoms with van der Waals surface area (Å²) in [5, 5.41) is 13.0. The van der Waals surface area contributed by atoms with Crippen LogP contribution in [0.3, 0.4) is 0 Å². The van der Waals surface area contributed by atoms with Gasteiger partial charge in [0, 0.05) is 36.4 Å². The lowest BCUT2D eigenvalue weighted by atomic mass is 9.95. The molecule has 180 valence electrons. The Labute approximate surface area is 213 Å². The maximum atomic E-state index is 12.7. The van der Waals surface area contributed by atoms with Crippen LogP contribution in [0.4, 0.5) is 0 Å². The third-order valence-corrected chi connectivity index (χ3v) is 7.57. The Hall–Kier alpha value is -2.48. The minimum Gasteiger partial charge on any atom is -0.480 e. The molecule has 2 aromatic carbocycles. The molecule has 2 amide bonds. The molecule has 0 radical (unpaired) electrons. The SMILES string of the molecule is CSc1ccc(C=CC(=O)N2CCC(C(=O)NC(Cc3ccccc3)C(=O)O)CC2)c(Cl)c1Cl. The summed E-state index contributed by atoms with van der Waals surface area (Å²) < 4.78 is 0. The number of benzene rings is 2. The molecule has 0 saturated carbocycles. The number of piperidine rings is 1. The van der Waals surface area contributed by atoms with Gasteiger partial charge in [0.15, 0.2) is 0 Å². The fourth-order valence-corrected chi connectivity index (χ4v) is 4.97. The van der Waals surface area contributed by atoms with Crippen molar-refractivity contribution in [3.63, 3.8) is 0 Å². The molecule has 1 saturated heterocycles. The highest BCUT2D eigenvalue weighted by molar-refractivity contribution is 7.98. The number of nitrogens with one attached hydrogen (secondary N) is 1. The van der Waals surface area contributed by atoms with E-state index in [2.05, 4.69) is 5.32 Å². The summed E-state index contributed by atoms with van der Waals surface area (Å²) in [6, 6.07) is 11.9. The minimum atomic E-state index is -1.07. The van der Waals surface area contributed by atoms with Gasteiger partial charge in [0.1, 0.15) is 6.04 Å². The lowest BCUT2D eigenvalue weighted by molar-refractivity contribution is -0.142. The third-order valence-electron chi connectivity index (χ3n) is 5.78. The maximum absolute atomic E-state index is 12.7. The van der Waals surface area contributed by atoms with E-state index >= 15 is 0 Å². The van der Waals surface area contributed by atoms with E-state index in [0.29, 0.717) is 41.5 Å². The second kappa shape index (κ2) is 12.3. The van der Waals surface area contributed by atoms with E-state index in [9.17, 15) is 19.5 Å². The van der Waals surface area contributed by atoms with Gasteiger partial charge in [0.2, 0.25) is 11.8 Å². The number of hydrogen-bond acceptors (Lipinski definition) is 4. The van der Waals surface area contributed by atoms with E-state index in [0.717, 1.165) is 10.5 Å². The Morgan fingerprint density at radius 1 is 1.12 bits per heavy atom. The molecule has 0 spiro atoms. The smallest absolute Gasteiger partial charge is 0.326 e. The van der Waals surface area contributed by atoms with Gasteiger partial charge in [-0.2, -0.15) is 0 Å². The third kappa shape index (κ3) is 6.78. The van der Waals surface area contributed by atoms with Crippen molar-refractivity contribution in [3.8, 4) is 0 Å². The standard InChI is InChI=1S/C25H26Cl2N2O4S/c1-34-20-9-7-17(22(26)23(20)27)8-10-21(30)29-13-11-18(12-14-29)24(31)28-19(25(32)33)15-16-5-3-2-4-6-16/h2-10,18-19H,11-15H2,1H3,(H,28,31)(H,32,33). The number of nitrogens with zero attached hydrogens (tertiary/aromatic N) is 1. The molecule has 1 heterocycles. The number of rotatable bonds is 8. The van der Waals surface area contributed by atoms with Crippen LogP contribution in [-0.4, -0.2) is 53.2 Å². The second-order valence-electron chi connectivity index (χ2n) is 8.01. The van der Waals surface area contributed by atoms with Crippen molar-refractivity contribution >= 4 is 58.8 Å². The normalized spacial score (nSPS) is 15.3. The van der Waals surface area contributed by atoms with Crippen LogP contribution in [0, 0.1) is 5.92 Å². The van der Waals surface area contributed by atoms with E-state index in [1.165, 1.54) is 17.8 Å². The molecule has 0 aliphatic carbocycles. The number of carbonyl (C=O) groups is 3. The van der Waals surface area contributed by atoms with Crippen molar-refractivity contribution in [2.45, 2.75) is 30.2 Å². The molecule has 1 atom stereocenters. The van der Waals surface area contributed by atoms with Gasteiger partial charge < -0.3 is 15.3 Å². The van der Waals surface area contributed by atoms with Crippen molar-refractivity contribution in [2.24, 2.45) is 5.92 Å². The first kappa shape index (κ1) is 26.1. The molecule has 1 aliphatic heterocycles. The molecule has 34 heavy (non-hydrogen) atoms. The van der Waals surface area contributed by atoms with Crippen LogP contribution in [0.25, 0.3) is 6.08 Å². The highest BCUT2D eigenvalue weighted by atomic mass is 35.5. The van der Waals surface area contributed by atoms with Crippen LogP contribution in [0.1, 0.15) is 24.0 Å². The van der Waals surface area contributed by atoms with Crippen LogP contribution >= 0.6 is 35.0 Å². The van der Waals surface area contributed by atoms with Crippen molar-refractivity contribution in [1.29, 1.82) is 0 Å². The zero-order valence-electron chi connectivity index (χ0n) is 18.7. The predicted octanol–water partition coefficient (Wildman–Crippen LogP) is 4.78.